The first-order valence-electron chi connectivity index (χ1n) is 8.85. The molecule has 0 amide bonds. The lowest BCUT2D eigenvalue weighted by atomic mass is 10.1. The van der Waals surface area contributed by atoms with E-state index < -0.39 is 0 Å². The number of aromatic nitrogens is 3. The zero-order valence-electron chi connectivity index (χ0n) is 15.4. The summed E-state index contributed by atoms with van der Waals surface area (Å²) in [6.07, 6.45) is 3.50. The van der Waals surface area contributed by atoms with Gasteiger partial charge in [0.1, 0.15) is 5.82 Å². The van der Waals surface area contributed by atoms with E-state index in [2.05, 4.69) is 27.4 Å². The number of hydrogen-bond donors (Lipinski definition) is 1. The second kappa shape index (κ2) is 8.54. The first kappa shape index (κ1) is 18.0. The molecule has 1 atom stereocenters. The maximum atomic E-state index is 5.92. The minimum atomic E-state index is -0.0299. The first-order chi connectivity index (χ1) is 12.7. The Morgan fingerprint density at radius 2 is 1.85 bits per heavy atom. The quantitative estimate of drug-likeness (QED) is 0.688. The number of anilines is 1. The summed E-state index contributed by atoms with van der Waals surface area (Å²) in [7, 11) is 0. The highest BCUT2D eigenvalue weighted by atomic mass is 16.5. The van der Waals surface area contributed by atoms with Crippen LogP contribution in [0.25, 0.3) is 11.4 Å². The van der Waals surface area contributed by atoms with Crippen LogP contribution in [0, 0.1) is 13.8 Å². The second-order valence-corrected chi connectivity index (χ2v) is 6.08. The van der Waals surface area contributed by atoms with Crippen molar-refractivity contribution < 1.29 is 4.74 Å². The zero-order valence-corrected chi connectivity index (χ0v) is 15.4. The maximum Gasteiger partial charge on any atom is 0.163 e. The van der Waals surface area contributed by atoms with Crippen molar-refractivity contribution in [1.29, 1.82) is 0 Å². The Kier molecular flexibility index (Phi) is 5.92. The summed E-state index contributed by atoms with van der Waals surface area (Å²) in [5.74, 6) is 1.51. The third-order valence-electron chi connectivity index (χ3n) is 4.30. The molecule has 26 heavy (non-hydrogen) atoms. The standard InChI is InChI=1S/C21H24N4O/c1-4-26-19(17-9-6-5-7-10-17)14-23-20-15(2)16(3)24-21(25-20)18-11-8-12-22-13-18/h5-13,19H,4,14H2,1-3H3,(H,23,24,25). The predicted octanol–water partition coefficient (Wildman–Crippen LogP) is 4.35. The number of hydrogen-bond acceptors (Lipinski definition) is 5. The molecule has 1 aromatic carbocycles. The van der Waals surface area contributed by atoms with Gasteiger partial charge in [-0.05, 0) is 38.5 Å². The number of pyridine rings is 1. The fraction of sp³-hybridized carbons (Fsp3) is 0.286. The van der Waals surface area contributed by atoms with Gasteiger partial charge >= 0.3 is 0 Å². The van der Waals surface area contributed by atoms with Gasteiger partial charge in [-0.1, -0.05) is 30.3 Å². The Hall–Kier alpha value is -2.79. The van der Waals surface area contributed by atoms with E-state index in [1.54, 1.807) is 12.4 Å². The molecule has 5 nitrogen and oxygen atoms in total. The monoisotopic (exact) mass is 348 g/mol. The van der Waals surface area contributed by atoms with E-state index in [4.69, 9.17) is 9.72 Å². The molecule has 3 aromatic rings. The molecular weight excluding hydrogens is 324 g/mol. The first-order valence-corrected chi connectivity index (χ1v) is 8.85. The predicted molar refractivity (Wildman–Crippen MR) is 104 cm³/mol. The minimum absolute atomic E-state index is 0.0299. The van der Waals surface area contributed by atoms with Gasteiger partial charge in [-0.3, -0.25) is 4.98 Å². The topological polar surface area (TPSA) is 59.9 Å². The summed E-state index contributed by atoms with van der Waals surface area (Å²) in [6.45, 7) is 7.34. The van der Waals surface area contributed by atoms with Crippen molar-refractivity contribution in [2.75, 3.05) is 18.5 Å². The number of benzene rings is 1. The molecule has 2 aromatic heterocycles. The van der Waals surface area contributed by atoms with Gasteiger partial charge in [-0.25, -0.2) is 9.97 Å². The van der Waals surface area contributed by atoms with Gasteiger partial charge in [-0.15, -0.1) is 0 Å². The fourth-order valence-corrected chi connectivity index (χ4v) is 2.76. The maximum absolute atomic E-state index is 5.92. The summed E-state index contributed by atoms with van der Waals surface area (Å²) >= 11 is 0. The summed E-state index contributed by atoms with van der Waals surface area (Å²) in [6, 6.07) is 14.1. The van der Waals surface area contributed by atoms with Crippen molar-refractivity contribution in [3.8, 4) is 11.4 Å². The number of rotatable bonds is 7. The van der Waals surface area contributed by atoms with Crippen LogP contribution in [0.5, 0.6) is 0 Å². The summed E-state index contributed by atoms with van der Waals surface area (Å²) in [5.41, 5.74) is 4.05. The molecule has 5 heteroatoms. The van der Waals surface area contributed by atoms with E-state index in [-0.39, 0.29) is 6.10 Å². The molecule has 0 aliphatic heterocycles. The van der Waals surface area contributed by atoms with Crippen LogP contribution < -0.4 is 5.32 Å². The summed E-state index contributed by atoms with van der Waals surface area (Å²) in [5, 5.41) is 3.45. The largest absolute Gasteiger partial charge is 0.372 e. The van der Waals surface area contributed by atoms with Crippen LogP contribution in [0.1, 0.15) is 29.8 Å². The van der Waals surface area contributed by atoms with E-state index in [0.717, 1.165) is 28.2 Å². The van der Waals surface area contributed by atoms with Crippen LogP contribution >= 0.6 is 0 Å². The average Bonchev–Trinajstić information content (AvgIpc) is 2.69. The Morgan fingerprint density at radius 3 is 2.54 bits per heavy atom. The Balaban J connectivity index is 1.83. The third kappa shape index (κ3) is 4.24. The van der Waals surface area contributed by atoms with E-state index >= 15 is 0 Å². The average molecular weight is 348 g/mol. The van der Waals surface area contributed by atoms with Crippen LogP contribution in [-0.4, -0.2) is 28.1 Å². The molecule has 3 rings (SSSR count). The molecule has 0 bridgehead atoms. The molecule has 0 radical (unpaired) electrons. The summed E-state index contributed by atoms with van der Waals surface area (Å²) < 4.78 is 5.92. The number of ether oxygens (including phenoxy) is 1. The van der Waals surface area contributed by atoms with Crippen LogP contribution in [0.15, 0.2) is 54.9 Å². The number of nitrogens with zero attached hydrogens (tertiary/aromatic N) is 3. The van der Waals surface area contributed by atoms with E-state index in [9.17, 15) is 0 Å². The highest BCUT2D eigenvalue weighted by Crippen LogP contribution is 2.23. The van der Waals surface area contributed by atoms with E-state index in [1.807, 2.05) is 51.1 Å². The smallest absolute Gasteiger partial charge is 0.163 e. The molecule has 0 spiro atoms. The van der Waals surface area contributed by atoms with Gasteiger partial charge < -0.3 is 10.1 Å². The van der Waals surface area contributed by atoms with E-state index in [0.29, 0.717) is 19.0 Å². The van der Waals surface area contributed by atoms with Crippen molar-refractivity contribution >= 4 is 5.82 Å². The van der Waals surface area contributed by atoms with Gasteiger partial charge in [0, 0.05) is 42.4 Å². The molecule has 0 saturated heterocycles. The van der Waals surface area contributed by atoms with Crippen LogP contribution in [0.3, 0.4) is 0 Å². The second-order valence-electron chi connectivity index (χ2n) is 6.08. The van der Waals surface area contributed by atoms with Gasteiger partial charge in [-0.2, -0.15) is 0 Å². The molecule has 1 N–H and O–H groups in total. The number of aryl methyl sites for hydroxylation is 1. The van der Waals surface area contributed by atoms with E-state index in [1.165, 1.54) is 0 Å². The van der Waals surface area contributed by atoms with Gasteiger partial charge in [0.05, 0.1) is 6.10 Å². The lowest BCUT2D eigenvalue weighted by Gasteiger charge is -2.20. The SMILES string of the molecule is CCOC(CNc1nc(-c2cccnc2)nc(C)c1C)c1ccccc1. The normalized spacial score (nSPS) is 12.0. The van der Waals surface area contributed by atoms with Crippen molar-refractivity contribution in [1.82, 2.24) is 15.0 Å². The van der Waals surface area contributed by atoms with Crippen molar-refractivity contribution in [3.05, 3.63) is 71.7 Å². The van der Waals surface area contributed by atoms with Crippen LogP contribution in [0.2, 0.25) is 0 Å². The molecule has 0 aliphatic rings. The highest BCUT2D eigenvalue weighted by molar-refractivity contribution is 5.58. The van der Waals surface area contributed by atoms with Crippen molar-refractivity contribution in [2.45, 2.75) is 26.9 Å². The zero-order chi connectivity index (χ0) is 18.4. The minimum Gasteiger partial charge on any atom is -0.372 e. The Morgan fingerprint density at radius 1 is 1.04 bits per heavy atom. The summed E-state index contributed by atoms with van der Waals surface area (Å²) in [4.78, 5) is 13.5. The lowest BCUT2D eigenvalue weighted by molar-refractivity contribution is 0.0718. The molecule has 0 aliphatic carbocycles. The van der Waals surface area contributed by atoms with Gasteiger partial charge in [0.15, 0.2) is 5.82 Å². The van der Waals surface area contributed by atoms with Crippen molar-refractivity contribution in [2.24, 2.45) is 0 Å². The molecular formula is C21H24N4O. The number of nitrogens with one attached hydrogen (secondary N) is 1. The van der Waals surface area contributed by atoms with Gasteiger partial charge in [0.25, 0.3) is 0 Å². The molecule has 2 heterocycles. The van der Waals surface area contributed by atoms with Crippen LogP contribution in [-0.2, 0) is 4.74 Å². The van der Waals surface area contributed by atoms with Crippen molar-refractivity contribution in [3.63, 3.8) is 0 Å². The third-order valence-corrected chi connectivity index (χ3v) is 4.30. The Bertz CT molecular complexity index is 837. The molecule has 134 valence electrons. The molecule has 0 fully saturated rings. The van der Waals surface area contributed by atoms with Crippen LogP contribution in [0.4, 0.5) is 5.82 Å². The molecule has 1 unspecified atom stereocenters. The highest BCUT2D eigenvalue weighted by Gasteiger charge is 2.14. The fourth-order valence-electron chi connectivity index (χ4n) is 2.76. The Labute approximate surface area is 154 Å². The lowest BCUT2D eigenvalue weighted by Crippen LogP contribution is -2.17. The molecule has 0 saturated carbocycles. The van der Waals surface area contributed by atoms with Gasteiger partial charge in [0.2, 0.25) is 0 Å².